The van der Waals surface area contributed by atoms with Crippen molar-refractivity contribution in [3.8, 4) is 10.4 Å². The van der Waals surface area contributed by atoms with Crippen molar-refractivity contribution in [2.75, 3.05) is 18.5 Å². The minimum absolute atomic E-state index is 0.256. The quantitative estimate of drug-likeness (QED) is 0.477. The fraction of sp³-hybridized carbons (Fsp3) is 0.235. The molecule has 26 heavy (non-hydrogen) atoms. The maximum absolute atomic E-state index is 10.2. The Balaban J connectivity index is 1.92. The van der Waals surface area contributed by atoms with Gasteiger partial charge in [-0.05, 0) is 36.2 Å². The highest BCUT2D eigenvalue weighted by Crippen LogP contribution is 2.34. The molecule has 9 heteroatoms. The van der Waals surface area contributed by atoms with Crippen molar-refractivity contribution in [2.24, 2.45) is 0 Å². The van der Waals surface area contributed by atoms with Crippen LogP contribution in [0.1, 0.15) is 10.6 Å². The van der Waals surface area contributed by atoms with E-state index in [2.05, 4.69) is 20.3 Å². The summed E-state index contributed by atoms with van der Waals surface area (Å²) in [5.41, 5.74) is 0.900. The molecular formula is C17H17ClN4O3S. The predicted octanol–water partition coefficient (Wildman–Crippen LogP) is 2.48. The number of aliphatic hydroxyl groups is 3. The fourth-order valence-electron chi connectivity index (χ4n) is 2.33. The topological polar surface area (TPSA) is 111 Å². The number of aromatic nitrogens is 3. The van der Waals surface area contributed by atoms with E-state index < -0.39 is 18.8 Å². The Hall–Kier alpha value is -2.10. The van der Waals surface area contributed by atoms with Gasteiger partial charge in [0.2, 0.25) is 5.95 Å². The largest absolute Gasteiger partial charge is 0.393 e. The van der Waals surface area contributed by atoms with Gasteiger partial charge >= 0.3 is 0 Å². The first-order chi connectivity index (χ1) is 12.4. The molecule has 0 fully saturated rings. The smallest absolute Gasteiger partial charge is 0.228 e. The first kappa shape index (κ1) is 18.7. The molecule has 0 unspecified atom stereocenters. The summed E-state index contributed by atoms with van der Waals surface area (Å²) in [5, 5.41) is 32.5. The van der Waals surface area contributed by atoms with Crippen LogP contribution < -0.4 is 5.32 Å². The second kappa shape index (κ2) is 7.65. The van der Waals surface area contributed by atoms with Crippen molar-refractivity contribution in [3.05, 3.63) is 52.4 Å². The number of halogens is 1. The number of nitrogens with one attached hydrogen (secondary N) is 1. The summed E-state index contributed by atoms with van der Waals surface area (Å²) in [4.78, 5) is 13.2. The molecule has 0 aliphatic carbocycles. The molecule has 0 radical (unpaired) electrons. The van der Waals surface area contributed by atoms with Crippen molar-refractivity contribution < 1.29 is 15.3 Å². The van der Waals surface area contributed by atoms with Crippen LogP contribution in [0.15, 0.2) is 36.7 Å². The Morgan fingerprint density at radius 1 is 1.19 bits per heavy atom. The predicted molar refractivity (Wildman–Crippen MR) is 101 cm³/mol. The molecule has 0 aliphatic rings. The molecule has 0 bridgehead atoms. The van der Waals surface area contributed by atoms with E-state index in [9.17, 15) is 15.3 Å². The van der Waals surface area contributed by atoms with Crippen molar-refractivity contribution in [3.63, 3.8) is 0 Å². The Morgan fingerprint density at radius 3 is 2.65 bits per heavy atom. The molecule has 3 rings (SSSR count). The van der Waals surface area contributed by atoms with Gasteiger partial charge in [0.15, 0.2) is 5.60 Å². The van der Waals surface area contributed by atoms with Gasteiger partial charge in [-0.1, -0.05) is 17.7 Å². The molecule has 0 atom stereocenters. The van der Waals surface area contributed by atoms with Gasteiger partial charge in [-0.2, -0.15) is 0 Å². The normalized spacial score (nSPS) is 11.6. The summed E-state index contributed by atoms with van der Waals surface area (Å²) >= 11 is 7.09. The van der Waals surface area contributed by atoms with Gasteiger partial charge in [0.05, 0.1) is 18.1 Å². The number of aryl methyl sites for hydroxylation is 1. The molecule has 0 aliphatic heterocycles. The fourth-order valence-corrected chi connectivity index (χ4v) is 3.44. The zero-order valence-corrected chi connectivity index (χ0v) is 15.4. The number of thiazole rings is 1. The van der Waals surface area contributed by atoms with Crippen LogP contribution in [0.5, 0.6) is 0 Å². The minimum atomic E-state index is -1.75. The van der Waals surface area contributed by atoms with Crippen LogP contribution in [-0.4, -0.2) is 43.5 Å². The van der Waals surface area contributed by atoms with Gasteiger partial charge in [0, 0.05) is 18.1 Å². The zero-order chi connectivity index (χ0) is 18.7. The molecule has 2 heterocycles. The molecule has 4 N–H and O–H groups in total. The van der Waals surface area contributed by atoms with Gasteiger partial charge in [-0.3, -0.25) is 0 Å². The lowest BCUT2D eigenvalue weighted by atomic mass is 10.1. The van der Waals surface area contributed by atoms with Crippen LogP contribution >= 0.6 is 22.9 Å². The van der Waals surface area contributed by atoms with Crippen molar-refractivity contribution in [1.82, 2.24) is 15.0 Å². The van der Waals surface area contributed by atoms with E-state index in [-0.39, 0.29) is 5.01 Å². The molecule has 0 saturated carbocycles. The van der Waals surface area contributed by atoms with E-state index in [1.54, 1.807) is 18.5 Å². The van der Waals surface area contributed by atoms with Gasteiger partial charge in [0.1, 0.15) is 10.2 Å². The standard InChI is InChI=1S/C17H17ClN4O3S/c1-10-4-11(13-7-20-15(26-13)17(25,8-23)9-24)6-12(5-10)21-16-19-3-2-14(18)22-16/h2-7,23-25H,8-9H2,1H3,(H,19,21,22). The van der Waals surface area contributed by atoms with Crippen LogP contribution in [0, 0.1) is 6.92 Å². The molecule has 1 aromatic carbocycles. The van der Waals surface area contributed by atoms with Crippen LogP contribution in [-0.2, 0) is 5.60 Å². The highest BCUT2D eigenvalue weighted by molar-refractivity contribution is 7.15. The molecule has 0 spiro atoms. The molecule has 0 saturated heterocycles. The second-order valence-corrected chi connectivity index (χ2v) is 7.21. The Bertz CT molecular complexity index is 915. The Kier molecular flexibility index (Phi) is 5.49. The number of hydrogen-bond acceptors (Lipinski definition) is 8. The third-order valence-corrected chi connectivity index (χ3v) is 5.12. The van der Waals surface area contributed by atoms with Crippen LogP contribution in [0.2, 0.25) is 5.15 Å². The van der Waals surface area contributed by atoms with Crippen molar-refractivity contribution in [2.45, 2.75) is 12.5 Å². The van der Waals surface area contributed by atoms with Crippen molar-refractivity contribution in [1.29, 1.82) is 0 Å². The molecule has 7 nitrogen and oxygen atoms in total. The third-order valence-electron chi connectivity index (χ3n) is 3.67. The molecule has 2 aromatic heterocycles. The lowest BCUT2D eigenvalue weighted by Gasteiger charge is -2.19. The van der Waals surface area contributed by atoms with E-state index in [4.69, 9.17) is 11.6 Å². The maximum atomic E-state index is 10.2. The monoisotopic (exact) mass is 392 g/mol. The SMILES string of the molecule is Cc1cc(Nc2nccc(Cl)n2)cc(-c2cnc(C(O)(CO)CO)s2)c1. The van der Waals surface area contributed by atoms with E-state index >= 15 is 0 Å². The number of anilines is 2. The summed E-state index contributed by atoms with van der Waals surface area (Å²) in [7, 11) is 0. The lowest BCUT2D eigenvalue weighted by Crippen LogP contribution is -2.34. The maximum Gasteiger partial charge on any atom is 0.228 e. The van der Waals surface area contributed by atoms with Crippen LogP contribution in [0.25, 0.3) is 10.4 Å². The summed E-state index contributed by atoms with van der Waals surface area (Å²) in [6.07, 6.45) is 3.17. The number of hydrogen-bond donors (Lipinski definition) is 4. The first-order valence-electron chi connectivity index (χ1n) is 7.71. The number of rotatable bonds is 6. The van der Waals surface area contributed by atoms with E-state index in [0.717, 1.165) is 21.7 Å². The summed E-state index contributed by atoms with van der Waals surface area (Å²) in [5.74, 6) is 0.383. The first-order valence-corrected chi connectivity index (χ1v) is 8.91. The number of benzene rings is 1. The second-order valence-electron chi connectivity index (χ2n) is 5.79. The minimum Gasteiger partial charge on any atom is -0.393 e. The lowest BCUT2D eigenvalue weighted by molar-refractivity contribution is -0.0599. The van der Waals surface area contributed by atoms with E-state index in [1.165, 1.54) is 11.3 Å². The zero-order valence-electron chi connectivity index (χ0n) is 13.8. The Morgan fingerprint density at radius 2 is 1.96 bits per heavy atom. The van der Waals surface area contributed by atoms with Crippen molar-refractivity contribution >= 4 is 34.6 Å². The highest BCUT2D eigenvalue weighted by Gasteiger charge is 2.31. The third kappa shape index (κ3) is 4.00. The van der Waals surface area contributed by atoms with Gasteiger partial charge in [0.25, 0.3) is 0 Å². The number of nitrogens with zero attached hydrogens (tertiary/aromatic N) is 3. The Labute approximate surface area is 159 Å². The van der Waals surface area contributed by atoms with Gasteiger partial charge in [-0.25, -0.2) is 15.0 Å². The average molecular weight is 393 g/mol. The average Bonchev–Trinajstić information content (AvgIpc) is 3.11. The highest BCUT2D eigenvalue weighted by atomic mass is 35.5. The van der Waals surface area contributed by atoms with Crippen LogP contribution in [0.3, 0.4) is 0 Å². The van der Waals surface area contributed by atoms with E-state index in [0.29, 0.717) is 11.1 Å². The molecule has 0 amide bonds. The summed E-state index contributed by atoms with van der Waals surface area (Å²) in [6, 6.07) is 7.40. The molecule has 136 valence electrons. The summed E-state index contributed by atoms with van der Waals surface area (Å²) in [6.45, 7) is 0.736. The van der Waals surface area contributed by atoms with E-state index in [1.807, 2.05) is 25.1 Å². The molecule has 3 aromatic rings. The molecular weight excluding hydrogens is 376 g/mol. The van der Waals surface area contributed by atoms with Crippen LogP contribution in [0.4, 0.5) is 11.6 Å². The van der Waals surface area contributed by atoms with Gasteiger partial charge in [-0.15, -0.1) is 11.3 Å². The number of aliphatic hydroxyl groups excluding tert-OH is 2. The van der Waals surface area contributed by atoms with Gasteiger partial charge < -0.3 is 20.6 Å². The summed E-state index contributed by atoms with van der Waals surface area (Å²) < 4.78 is 0.